The van der Waals surface area contributed by atoms with E-state index in [9.17, 15) is 13.2 Å². The molecule has 0 fully saturated rings. The second-order valence-electron chi connectivity index (χ2n) is 8.74. The lowest BCUT2D eigenvalue weighted by atomic mass is 10.0. The number of rotatable bonds is 4. The van der Waals surface area contributed by atoms with Crippen molar-refractivity contribution in [2.24, 2.45) is 0 Å². The molecule has 37 heavy (non-hydrogen) atoms. The Balaban J connectivity index is 1.51. The van der Waals surface area contributed by atoms with Crippen molar-refractivity contribution in [2.45, 2.75) is 13.1 Å². The quantitative estimate of drug-likeness (QED) is 0.247. The monoisotopic (exact) mass is 495 g/mol. The van der Waals surface area contributed by atoms with Gasteiger partial charge in [-0.1, -0.05) is 48.5 Å². The van der Waals surface area contributed by atoms with E-state index in [-0.39, 0.29) is 0 Å². The van der Waals surface area contributed by atoms with Crippen LogP contribution < -0.4 is 4.74 Å². The minimum atomic E-state index is -4.45. The number of fused-ring (bicyclic) bond motifs is 3. The average Bonchev–Trinajstić information content (AvgIpc) is 3.22. The molecular weight excluding hydrogens is 475 g/mol. The van der Waals surface area contributed by atoms with Crippen LogP contribution in [-0.2, 0) is 6.18 Å². The highest BCUT2D eigenvalue weighted by atomic mass is 19.4. The van der Waals surface area contributed by atoms with E-state index in [1.54, 1.807) is 19.2 Å². The molecule has 0 unspecified atom stereocenters. The molecule has 4 nitrogen and oxygen atoms in total. The predicted molar refractivity (Wildman–Crippen MR) is 138 cm³/mol. The fourth-order valence-corrected chi connectivity index (χ4v) is 4.60. The summed E-state index contributed by atoms with van der Waals surface area (Å²) in [5, 5.41) is 1.98. The summed E-state index contributed by atoms with van der Waals surface area (Å²) in [6, 6.07) is 28.2. The van der Waals surface area contributed by atoms with Crippen LogP contribution in [0.15, 0.2) is 103 Å². The third-order valence-electron chi connectivity index (χ3n) is 6.29. The van der Waals surface area contributed by atoms with Crippen molar-refractivity contribution in [1.82, 2.24) is 14.5 Å². The molecule has 3 aromatic carbocycles. The zero-order chi connectivity index (χ0) is 25.6. The molecular formula is C30H20F3N3O. The van der Waals surface area contributed by atoms with Crippen LogP contribution >= 0.6 is 0 Å². The van der Waals surface area contributed by atoms with Crippen LogP contribution in [0.25, 0.3) is 38.8 Å². The van der Waals surface area contributed by atoms with Crippen LogP contribution in [0.3, 0.4) is 0 Å². The van der Waals surface area contributed by atoms with Crippen LogP contribution in [0.1, 0.15) is 11.1 Å². The summed E-state index contributed by atoms with van der Waals surface area (Å²) in [5.41, 5.74) is 3.27. The van der Waals surface area contributed by atoms with E-state index in [0.717, 1.165) is 45.2 Å². The Hall–Kier alpha value is -4.65. The molecule has 0 bridgehead atoms. The van der Waals surface area contributed by atoms with Gasteiger partial charge in [0.25, 0.3) is 0 Å². The first-order valence-corrected chi connectivity index (χ1v) is 11.7. The van der Waals surface area contributed by atoms with Gasteiger partial charge < -0.3 is 4.74 Å². The molecule has 0 spiro atoms. The summed E-state index contributed by atoms with van der Waals surface area (Å²) in [6.45, 7) is 1.65. The Kier molecular flexibility index (Phi) is 5.41. The lowest BCUT2D eigenvalue weighted by Crippen LogP contribution is -2.08. The third kappa shape index (κ3) is 4.18. The number of pyridine rings is 2. The molecule has 3 aromatic heterocycles. The van der Waals surface area contributed by atoms with Gasteiger partial charge in [0.2, 0.25) is 5.88 Å². The minimum absolute atomic E-state index is 0.439. The van der Waals surface area contributed by atoms with Gasteiger partial charge in [-0.05, 0) is 60.0 Å². The maximum Gasteiger partial charge on any atom is 0.417 e. The second kappa shape index (κ2) is 8.78. The van der Waals surface area contributed by atoms with Gasteiger partial charge in [-0.2, -0.15) is 13.2 Å². The van der Waals surface area contributed by atoms with Gasteiger partial charge in [0.1, 0.15) is 11.6 Å². The van der Waals surface area contributed by atoms with Crippen molar-refractivity contribution < 1.29 is 17.9 Å². The van der Waals surface area contributed by atoms with Crippen molar-refractivity contribution >= 4 is 21.8 Å². The molecule has 0 N–H and O–H groups in total. The topological polar surface area (TPSA) is 39.9 Å². The third-order valence-corrected chi connectivity index (χ3v) is 6.29. The summed E-state index contributed by atoms with van der Waals surface area (Å²) in [6.07, 6.45) is -1.89. The minimum Gasteiger partial charge on any atom is -0.439 e. The highest BCUT2D eigenvalue weighted by Crippen LogP contribution is 2.37. The number of hydrogen-bond donors (Lipinski definition) is 0. The van der Waals surface area contributed by atoms with Crippen LogP contribution in [0, 0.1) is 6.92 Å². The largest absolute Gasteiger partial charge is 0.439 e. The molecule has 0 amide bonds. The van der Waals surface area contributed by atoms with Crippen LogP contribution in [0.5, 0.6) is 11.6 Å². The van der Waals surface area contributed by atoms with Gasteiger partial charge in [-0.15, -0.1) is 0 Å². The fourth-order valence-electron chi connectivity index (χ4n) is 4.60. The summed E-state index contributed by atoms with van der Waals surface area (Å²) in [7, 11) is 0. The summed E-state index contributed by atoms with van der Waals surface area (Å²) in [4.78, 5) is 8.48. The lowest BCUT2D eigenvalue weighted by Gasteiger charge is -2.13. The molecule has 7 heteroatoms. The van der Waals surface area contributed by atoms with E-state index in [4.69, 9.17) is 4.74 Å². The van der Waals surface area contributed by atoms with Gasteiger partial charge >= 0.3 is 6.18 Å². The number of alkyl halides is 3. The van der Waals surface area contributed by atoms with E-state index in [0.29, 0.717) is 23.0 Å². The van der Waals surface area contributed by atoms with E-state index in [1.807, 2.05) is 83.4 Å². The summed E-state index contributed by atoms with van der Waals surface area (Å²) in [5.74, 6) is 1.61. The Bertz CT molecular complexity index is 1760. The molecule has 0 aliphatic heterocycles. The van der Waals surface area contributed by atoms with Gasteiger partial charge in [-0.25, -0.2) is 9.97 Å². The first-order valence-electron chi connectivity index (χ1n) is 11.7. The highest BCUT2D eigenvalue weighted by Gasteiger charge is 2.31. The van der Waals surface area contributed by atoms with Crippen LogP contribution in [-0.4, -0.2) is 14.5 Å². The number of aromatic nitrogens is 3. The van der Waals surface area contributed by atoms with E-state index < -0.39 is 11.7 Å². The van der Waals surface area contributed by atoms with Crippen LogP contribution in [0.4, 0.5) is 13.2 Å². The van der Waals surface area contributed by atoms with Gasteiger partial charge in [-0.3, -0.25) is 4.57 Å². The van der Waals surface area contributed by atoms with E-state index >= 15 is 0 Å². The van der Waals surface area contributed by atoms with E-state index in [1.165, 1.54) is 0 Å². The molecule has 0 saturated heterocycles. The number of nitrogens with zero attached hydrogens (tertiary/aromatic N) is 3. The average molecular weight is 496 g/mol. The van der Waals surface area contributed by atoms with E-state index in [2.05, 4.69) is 9.97 Å². The zero-order valence-electron chi connectivity index (χ0n) is 19.7. The van der Waals surface area contributed by atoms with Crippen molar-refractivity contribution in [3.8, 4) is 28.6 Å². The number of hydrogen-bond acceptors (Lipinski definition) is 3. The molecule has 0 atom stereocenters. The Morgan fingerprint density at radius 2 is 1.51 bits per heavy atom. The molecule has 182 valence electrons. The lowest BCUT2D eigenvalue weighted by molar-refractivity contribution is -0.137. The fraction of sp³-hybridized carbons (Fsp3) is 0.0667. The second-order valence-corrected chi connectivity index (χ2v) is 8.74. The summed E-state index contributed by atoms with van der Waals surface area (Å²) >= 11 is 0. The first-order chi connectivity index (χ1) is 17.9. The van der Waals surface area contributed by atoms with Crippen molar-refractivity contribution in [3.05, 3.63) is 115 Å². The first kappa shape index (κ1) is 22.8. The van der Waals surface area contributed by atoms with Gasteiger partial charge in [0.05, 0.1) is 16.6 Å². The number of aryl methyl sites for hydroxylation is 1. The standard InChI is InChI=1S/C30H20F3N3O/c1-19-15-22(30(31,32)33)18-35-29(19)36-26-10-3-2-9-24(26)25-13-12-21(17-27(25)36)20-7-6-8-23(16-20)37-28-11-4-5-14-34-28/h2-18H,1H3. The number of ether oxygens (including phenoxy) is 1. The molecule has 0 radical (unpaired) electrons. The Labute approximate surface area is 210 Å². The molecule has 6 aromatic rings. The van der Waals surface area contributed by atoms with Gasteiger partial charge in [0.15, 0.2) is 0 Å². The Morgan fingerprint density at radius 1 is 0.730 bits per heavy atom. The molecule has 0 aliphatic rings. The van der Waals surface area contributed by atoms with Gasteiger partial charge in [0, 0.05) is 29.2 Å². The highest BCUT2D eigenvalue weighted by molar-refractivity contribution is 6.10. The molecule has 6 rings (SSSR count). The maximum atomic E-state index is 13.3. The summed E-state index contributed by atoms with van der Waals surface area (Å²) < 4.78 is 47.7. The van der Waals surface area contributed by atoms with Crippen molar-refractivity contribution in [3.63, 3.8) is 0 Å². The SMILES string of the molecule is Cc1cc(C(F)(F)F)cnc1-n1c2ccccc2c2ccc(-c3cccc(Oc4ccccn4)c3)cc21. The molecule has 0 aliphatic carbocycles. The van der Waals surface area contributed by atoms with Crippen molar-refractivity contribution in [2.75, 3.05) is 0 Å². The van der Waals surface area contributed by atoms with Crippen LogP contribution in [0.2, 0.25) is 0 Å². The molecule has 0 saturated carbocycles. The normalized spacial score (nSPS) is 11.8. The zero-order valence-corrected chi connectivity index (χ0v) is 19.7. The van der Waals surface area contributed by atoms with Crippen molar-refractivity contribution in [1.29, 1.82) is 0 Å². The number of halogens is 3. The number of para-hydroxylation sites is 1. The predicted octanol–water partition coefficient (Wildman–Crippen LogP) is 8.36. The smallest absolute Gasteiger partial charge is 0.417 e. The maximum absolute atomic E-state index is 13.3. The molecule has 3 heterocycles. The Morgan fingerprint density at radius 3 is 2.30 bits per heavy atom. The number of benzene rings is 3.